The van der Waals surface area contributed by atoms with E-state index in [1.165, 1.54) is 12.1 Å². The second kappa shape index (κ2) is 7.52. The fourth-order valence-electron chi connectivity index (χ4n) is 3.71. The maximum Gasteiger partial charge on any atom is 0.248 e. The van der Waals surface area contributed by atoms with Gasteiger partial charge in [-0.15, -0.1) is 0 Å². The highest BCUT2D eigenvalue weighted by Gasteiger charge is 2.21. The fraction of sp³-hybridized carbons (Fsp3) is 0.174. The van der Waals surface area contributed by atoms with Crippen LogP contribution in [-0.2, 0) is 19.4 Å². The smallest absolute Gasteiger partial charge is 0.248 e. The molecule has 1 unspecified atom stereocenters. The number of primary amides is 1. The lowest BCUT2D eigenvalue weighted by Gasteiger charge is -2.13. The molecule has 0 aliphatic heterocycles. The standard InChI is InChI=1S/C23H20F2N2O/c24-20-7-6-15-10-21(11-19(15)9-20)27-13-18-5-4-16(12-22(18)25)14-2-1-3-17(8-14)23(26)28/h1-9,12,21,27H,10-11,13H2,(H2,26,28). The molecule has 4 rings (SSSR count). The van der Waals surface area contributed by atoms with E-state index in [0.29, 0.717) is 23.2 Å². The second-order valence-corrected chi connectivity index (χ2v) is 7.15. The Hall–Kier alpha value is -3.05. The van der Waals surface area contributed by atoms with Crippen molar-refractivity contribution in [3.8, 4) is 11.1 Å². The summed E-state index contributed by atoms with van der Waals surface area (Å²) in [5, 5.41) is 3.36. The Morgan fingerprint density at radius 2 is 1.75 bits per heavy atom. The Bertz CT molecular complexity index is 1050. The molecule has 0 saturated heterocycles. The van der Waals surface area contributed by atoms with Crippen LogP contribution in [0.1, 0.15) is 27.0 Å². The number of benzene rings is 3. The van der Waals surface area contributed by atoms with Gasteiger partial charge in [-0.05, 0) is 65.4 Å². The van der Waals surface area contributed by atoms with E-state index in [0.717, 1.165) is 29.5 Å². The zero-order valence-corrected chi connectivity index (χ0v) is 15.2. The van der Waals surface area contributed by atoms with E-state index >= 15 is 0 Å². The predicted molar refractivity (Wildman–Crippen MR) is 105 cm³/mol. The van der Waals surface area contributed by atoms with Gasteiger partial charge in [0.05, 0.1) is 0 Å². The van der Waals surface area contributed by atoms with Crippen molar-refractivity contribution in [2.45, 2.75) is 25.4 Å². The normalized spacial score (nSPS) is 15.4. The lowest BCUT2D eigenvalue weighted by atomic mass is 10.0. The van der Waals surface area contributed by atoms with Crippen LogP contribution in [0.4, 0.5) is 8.78 Å². The third-order valence-electron chi connectivity index (χ3n) is 5.22. The van der Waals surface area contributed by atoms with Gasteiger partial charge in [0.25, 0.3) is 0 Å². The molecule has 0 bridgehead atoms. The van der Waals surface area contributed by atoms with Gasteiger partial charge in [-0.2, -0.15) is 0 Å². The molecule has 142 valence electrons. The lowest BCUT2D eigenvalue weighted by molar-refractivity contribution is 0.100. The van der Waals surface area contributed by atoms with Crippen LogP contribution in [0.15, 0.2) is 60.7 Å². The van der Waals surface area contributed by atoms with Gasteiger partial charge in [-0.25, -0.2) is 8.78 Å². The molecule has 0 saturated carbocycles. The molecule has 3 aromatic carbocycles. The Morgan fingerprint density at radius 3 is 2.54 bits per heavy atom. The average molecular weight is 378 g/mol. The first-order valence-electron chi connectivity index (χ1n) is 9.19. The van der Waals surface area contributed by atoms with Gasteiger partial charge in [0.15, 0.2) is 0 Å². The summed E-state index contributed by atoms with van der Waals surface area (Å²) in [5.74, 6) is -1.04. The molecule has 3 N–H and O–H groups in total. The molecule has 1 aliphatic carbocycles. The molecule has 0 radical (unpaired) electrons. The minimum Gasteiger partial charge on any atom is -0.366 e. The summed E-state index contributed by atoms with van der Waals surface area (Å²) in [6.45, 7) is 0.397. The van der Waals surface area contributed by atoms with Crippen LogP contribution < -0.4 is 11.1 Å². The molecule has 5 heteroatoms. The van der Waals surface area contributed by atoms with Crippen LogP contribution in [0.5, 0.6) is 0 Å². The summed E-state index contributed by atoms with van der Waals surface area (Å²) < 4.78 is 27.9. The second-order valence-electron chi connectivity index (χ2n) is 7.15. The van der Waals surface area contributed by atoms with Crippen molar-refractivity contribution in [3.05, 3.63) is 94.6 Å². The van der Waals surface area contributed by atoms with Crippen molar-refractivity contribution in [1.82, 2.24) is 5.32 Å². The van der Waals surface area contributed by atoms with Gasteiger partial charge >= 0.3 is 0 Å². The Kier molecular flexibility index (Phi) is 4.92. The largest absolute Gasteiger partial charge is 0.366 e. The Labute approximate surface area is 162 Å². The first kappa shape index (κ1) is 18.3. The summed E-state index contributed by atoms with van der Waals surface area (Å²) in [5.41, 5.74) is 9.85. The number of halogens is 2. The van der Waals surface area contributed by atoms with Crippen LogP contribution in [-0.4, -0.2) is 11.9 Å². The van der Waals surface area contributed by atoms with Gasteiger partial charge in [-0.1, -0.05) is 30.3 Å². The number of carbonyl (C=O) groups excluding carboxylic acids is 1. The van der Waals surface area contributed by atoms with Gasteiger partial charge in [0, 0.05) is 23.7 Å². The first-order chi connectivity index (χ1) is 13.5. The van der Waals surface area contributed by atoms with Crippen molar-refractivity contribution >= 4 is 5.91 Å². The molecule has 3 nitrogen and oxygen atoms in total. The maximum absolute atomic E-state index is 14.6. The molecular weight excluding hydrogens is 358 g/mol. The maximum atomic E-state index is 14.6. The van der Waals surface area contributed by atoms with Gasteiger partial charge in [0.1, 0.15) is 11.6 Å². The number of fused-ring (bicyclic) bond motifs is 1. The number of rotatable bonds is 5. The summed E-state index contributed by atoms with van der Waals surface area (Å²) in [4.78, 5) is 11.3. The third kappa shape index (κ3) is 3.80. The minimum absolute atomic E-state index is 0.170. The van der Waals surface area contributed by atoms with Crippen LogP contribution in [0.2, 0.25) is 0 Å². The van der Waals surface area contributed by atoms with Gasteiger partial charge in [-0.3, -0.25) is 4.79 Å². The van der Waals surface area contributed by atoms with Crippen molar-refractivity contribution in [2.75, 3.05) is 0 Å². The summed E-state index contributed by atoms with van der Waals surface area (Å²) in [6, 6.07) is 16.9. The van der Waals surface area contributed by atoms with Crippen LogP contribution in [0, 0.1) is 11.6 Å². The molecule has 0 heterocycles. The summed E-state index contributed by atoms with van der Waals surface area (Å²) in [6.07, 6.45) is 1.56. The monoisotopic (exact) mass is 378 g/mol. The molecule has 3 aromatic rings. The number of hydrogen-bond donors (Lipinski definition) is 2. The number of nitrogens with one attached hydrogen (secondary N) is 1. The number of nitrogens with two attached hydrogens (primary N) is 1. The van der Waals surface area contributed by atoms with Crippen molar-refractivity contribution in [3.63, 3.8) is 0 Å². The molecule has 28 heavy (non-hydrogen) atoms. The topological polar surface area (TPSA) is 55.1 Å². The molecule has 1 amide bonds. The van der Waals surface area contributed by atoms with E-state index in [9.17, 15) is 13.6 Å². The SMILES string of the molecule is NC(=O)c1cccc(-c2ccc(CNC3Cc4ccc(F)cc4C3)c(F)c2)c1. The van der Waals surface area contributed by atoms with Crippen molar-refractivity contribution < 1.29 is 13.6 Å². The summed E-state index contributed by atoms with van der Waals surface area (Å²) in [7, 11) is 0. The highest BCUT2D eigenvalue weighted by molar-refractivity contribution is 5.94. The summed E-state index contributed by atoms with van der Waals surface area (Å²) >= 11 is 0. The molecule has 0 aromatic heterocycles. The van der Waals surface area contributed by atoms with Crippen LogP contribution in [0.25, 0.3) is 11.1 Å². The number of carbonyl (C=O) groups is 1. The Balaban J connectivity index is 1.44. The van der Waals surface area contributed by atoms with E-state index < -0.39 is 5.91 Å². The van der Waals surface area contributed by atoms with Gasteiger partial charge < -0.3 is 11.1 Å². The molecular formula is C23H20F2N2O. The van der Waals surface area contributed by atoms with Crippen molar-refractivity contribution in [2.24, 2.45) is 5.73 Å². The van der Waals surface area contributed by atoms with Gasteiger partial charge in [0.2, 0.25) is 5.91 Å². The zero-order valence-electron chi connectivity index (χ0n) is 15.2. The van der Waals surface area contributed by atoms with Crippen molar-refractivity contribution in [1.29, 1.82) is 0 Å². The third-order valence-corrected chi connectivity index (χ3v) is 5.22. The molecule has 0 spiro atoms. The highest BCUT2D eigenvalue weighted by Crippen LogP contribution is 2.25. The van der Waals surface area contributed by atoms with E-state index in [2.05, 4.69) is 5.32 Å². The van der Waals surface area contributed by atoms with E-state index in [1.54, 1.807) is 30.3 Å². The lowest BCUT2D eigenvalue weighted by Crippen LogP contribution is -2.29. The van der Waals surface area contributed by atoms with E-state index in [-0.39, 0.29) is 17.7 Å². The first-order valence-corrected chi connectivity index (χ1v) is 9.19. The predicted octanol–water partition coefficient (Wildman–Crippen LogP) is 3.99. The molecule has 0 fully saturated rings. The van der Waals surface area contributed by atoms with Crippen LogP contribution >= 0.6 is 0 Å². The number of hydrogen-bond acceptors (Lipinski definition) is 2. The minimum atomic E-state index is -0.513. The van der Waals surface area contributed by atoms with E-state index in [4.69, 9.17) is 5.73 Å². The quantitative estimate of drug-likeness (QED) is 0.705. The molecule has 1 aliphatic rings. The average Bonchev–Trinajstić information content (AvgIpc) is 3.09. The number of amides is 1. The highest BCUT2D eigenvalue weighted by atomic mass is 19.1. The molecule has 1 atom stereocenters. The fourth-order valence-corrected chi connectivity index (χ4v) is 3.71. The Morgan fingerprint density at radius 1 is 0.964 bits per heavy atom. The van der Waals surface area contributed by atoms with E-state index in [1.807, 2.05) is 18.2 Å². The zero-order chi connectivity index (χ0) is 19.7. The van der Waals surface area contributed by atoms with Crippen LogP contribution in [0.3, 0.4) is 0 Å².